The molecule has 0 amide bonds. The third kappa shape index (κ3) is 3.89. The molecule has 0 aliphatic heterocycles. The number of aromatic nitrogens is 1. The molecule has 0 unspecified atom stereocenters. The Morgan fingerprint density at radius 1 is 1.44 bits per heavy atom. The van der Waals surface area contributed by atoms with Crippen LogP contribution in [0.4, 0.5) is 13.2 Å². The van der Waals surface area contributed by atoms with Gasteiger partial charge in [-0.3, -0.25) is 0 Å². The smallest absolute Gasteiger partial charge is 0.433 e. The first kappa shape index (κ1) is 14.3. The van der Waals surface area contributed by atoms with Crippen LogP contribution in [0.3, 0.4) is 0 Å². The fraction of sp³-hybridized carbons (Fsp3) is 0.455. The van der Waals surface area contributed by atoms with E-state index in [9.17, 15) is 13.2 Å². The highest BCUT2D eigenvalue weighted by atomic mass is 19.4. The molecule has 0 radical (unpaired) electrons. The van der Waals surface area contributed by atoms with Crippen molar-refractivity contribution in [1.29, 1.82) is 5.26 Å². The van der Waals surface area contributed by atoms with Gasteiger partial charge in [0, 0.05) is 6.54 Å². The van der Waals surface area contributed by atoms with E-state index in [4.69, 9.17) is 10.00 Å². The summed E-state index contributed by atoms with van der Waals surface area (Å²) >= 11 is 0. The van der Waals surface area contributed by atoms with Gasteiger partial charge in [-0.2, -0.15) is 18.4 Å². The number of hydrogen-bond donors (Lipinski definition) is 1. The Balaban J connectivity index is 2.83. The van der Waals surface area contributed by atoms with Crippen molar-refractivity contribution in [3.8, 4) is 11.9 Å². The number of pyridine rings is 1. The Hall–Kier alpha value is -1.81. The lowest BCUT2D eigenvalue weighted by Gasteiger charge is -2.10. The van der Waals surface area contributed by atoms with Gasteiger partial charge in [-0.15, -0.1) is 0 Å². The van der Waals surface area contributed by atoms with Gasteiger partial charge >= 0.3 is 6.18 Å². The van der Waals surface area contributed by atoms with Crippen LogP contribution in [-0.4, -0.2) is 24.7 Å². The van der Waals surface area contributed by atoms with Crippen molar-refractivity contribution < 1.29 is 17.9 Å². The molecule has 0 aliphatic rings. The van der Waals surface area contributed by atoms with Crippen LogP contribution in [0.1, 0.15) is 18.2 Å². The largest absolute Gasteiger partial charge is 0.475 e. The number of alkyl halides is 3. The SMILES string of the molecule is CCNCCOc1nc(C(F)(F)F)ccc1C#N. The minimum Gasteiger partial charge on any atom is -0.475 e. The zero-order valence-electron chi connectivity index (χ0n) is 9.71. The molecule has 4 nitrogen and oxygen atoms in total. The molecule has 0 saturated carbocycles. The summed E-state index contributed by atoms with van der Waals surface area (Å²) in [6.07, 6.45) is -4.55. The van der Waals surface area contributed by atoms with Crippen molar-refractivity contribution in [2.24, 2.45) is 0 Å². The number of halogens is 3. The average molecular weight is 259 g/mol. The molecule has 98 valence electrons. The summed E-state index contributed by atoms with van der Waals surface area (Å²) < 4.78 is 42.4. The third-order valence-electron chi connectivity index (χ3n) is 2.04. The molecule has 1 N–H and O–H groups in total. The molecular formula is C11H12F3N3O. The molecule has 1 heterocycles. The summed E-state index contributed by atoms with van der Waals surface area (Å²) in [6, 6.07) is 3.55. The molecule has 0 fully saturated rings. The zero-order chi connectivity index (χ0) is 13.6. The normalized spacial score (nSPS) is 11.1. The van der Waals surface area contributed by atoms with Gasteiger partial charge in [-0.05, 0) is 18.7 Å². The summed E-state index contributed by atoms with van der Waals surface area (Å²) in [4.78, 5) is 3.31. The highest BCUT2D eigenvalue weighted by molar-refractivity contribution is 5.39. The van der Waals surface area contributed by atoms with Crippen LogP contribution in [0.25, 0.3) is 0 Å². The Kier molecular flexibility index (Phi) is 4.92. The number of nitrogens with zero attached hydrogens (tertiary/aromatic N) is 2. The van der Waals surface area contributed by atoms with Crippen molar-refractivity contribution in [1.82, 2.24) is 10.3 Å². The number of nitrogens with one attached hydrogen (secondary N) is 1. The van der Waals surface area contributed by atoms with E-state index in [-0.39, 0.29) is 18.1 Å². The number of rotatable bonds is 5. The van der Waals surface area contributed by atoms with Gasteiger partial charge < -0.3 is 10.1 Å². The molecule has 7 heteroatoms. The molecule has 1 rings (SSSR count). The molecule has 0 saturated heterocycles. The zero-order valence-corrected chi connectivity index (χ0v) is 9.71. The molecule has 0 aromatic carbocycles. The number of hydrogen-bond acceptors (Lipinski definition) is 4. The highest BCUT2D eigenvalue weighted by Crippen LogP contribution is 2.29. The second kappa shape index (κ2) is 6.21. The summed E-state index contributed by atoms with van der Waals surface area (Å²) in [5, 5.41) is 11.7. The minimum atomic E-state index is -4.55. The fourth-order valence-electron chi connectivity index (χ4n) is 1.19. The molecule has 0 aliphatic carbocycles. The number of ether oxygens (including phenoxy) is 1. The highest BCUT2D eigenvalue weighted by Gasteiger charge is 2.33. The summed E-state index contributed by atoms with van der Waals surface area (Å²) in [7, 11) is 0. The molecule has 18 heavy (non-hydrogen) atoms. The maximum absolute atomic E-state index is 12.4. The van der Waals surface area contributed by atoms with E-state index >= 15 is 0 Å². The topological polar surface area (TPSA) is 57.9 Å². The third-order valence-corrected chi connectivity index (χ3v) is 2.04. The summed E-state index contributed by atoms with van der Waals surface area (Å²) in [5.41, 5.74) is -1.08. The van der Waals surface area contributed by atoms with Gasteiger partial charge in [-0.25, -0.2) is 4.98 Å². The fourth-order valence-corrected chi connectivity index (χ4v) is 1.19. The second-order valence-electron chi connectivity index (χ2n) is 3.36. The molecule has 0 atom stereocenters. The van der Waals surface area contributed by atoms with Crippen LogP contribution in [0, 0.1) is 11.3 Å². The summed E-state index contributed by atoms with van der Waals surface area (Å²) in [6.45, 7) is 3.24. The predicted molar refractivity (Wildman–Crippen MR) is 58.0 cm³/mol. The molecular weight excluding hydrogens is 247 g/mol. The minimum absolute atomic E-state index is 0.0144. The van der Waals surface area contributed by atoms with Crippen molar-refractivity contribution in [3.05, 3.63) is 23.4 Å². The quantitative estimate of drug-likeness (QED) is 0.821. The van der Waals surface area contributed by atoms with Crippen molar-refractivity contribution in [2.75, 3.05) is 19.7 Å². The van der Waals surface area contributed by atoms with E-state index in [1.165, 1.54) is 0 Å². The first-order chi connectivity index (χ1) is 8.49. The lowest BCUT2D eigenvalue weighted by atomic mass is 10.2. The van der Waals surface area contributed by atoms with Gasteiger partial charge in [0.05, 0.1) is 0 Å². The van der Waals surface area contributed by atoms with E-state index in [0.29, 0.717) is 6.54 Å². The van der Waals surface area contributed by atoms with Crippen LogP contribution in [0.15, 0.2) is 12.1 Å². The van der Waals surface area contributed by atoms with E-state index in [2.05, 4.69) is 10.3 Å². The molecule has 1 aromatic rings. The first-order valence-corrected chi connectivity index (χ1v) is 5.31. The van der Waals surface area contributed by atoms with Gasteiger partial charge in [0.2, 0.25) is 5.88 Å². The van der Waals surface area contributed by atoms with Gasteiger partial charge in [0.15, 0.2) is 0 Å². The Bertz CT molecular complexity index is 440. The lowest BCUT2D eigenvalue weighted by molar-refractivity contribution is -0.141. The van der Waals surface area contributed by atoms with E-state index in [1.54, 1.807) is 6.07 Å². The number of likely N-dealkylation sites (N-methyl/N-ethyl adjacent to an activating group) is 1. The predicted octanol–water partition coefficient (Wildman–Crippen LogP) is 1.96. The Labute approximate surface area is 102 Å². The van der Waals surface area contributed by atoms with Gasteiger partial charge in [-0.1, -0.05) is 6.92 Å². The molecule has 0 bridgehead atoms. The van der Waals surface area contributed by atoms with E-state index in [0.717, 1.165) is 18.7 Å². The monoisotopic (exact) mass is 259 g/mol. The average Bonchev–Trinajstić information content (AvgIpc) is 2.33. The number of nitriles is 1. The van der Waals surface area contributed by atoms with Crippen LogP contribution in [0.2, 0.25) is 0 Å². The lowest BCUT2D eigenvalue weighted by Crippen LogP contribution is -2.21. The summed E-state index contributed by atoms with van der Waals surface area (Å²) in [5.74, 6) is -0.287. The Morgan fingerprint density at radius 3 is 2.72 bits per heavy atom. The maximum atomic E-state index is 12.4. The van der Waals surface area contributed by atoms with Gasteiger partial charge in [0.1, 0.15) is 23.9 Å². The first-order valence-electron chi connectivity index (χ1n) is 5.31. The van der Waals surface area contributed by atoms with Crippen molar-refractivity contribution in [3.63, 3.8) is 0 Å². The second-order valence-corrected chi connectivity index (χ2v) is 3.36. The van der Waals surface area contributed by atoms with Crippen LogP contribution >= 0.6 is 0 Å². The van der Waals surface area contributed by atoms with Crippen molar-refractivity contribution in [2.45, 2.75) is 13.1 Å². The van der Waals surface area contributed by atoms with Crippen LogP contribution in [-0.2, 0) is 6.18 Å². The molecule has 1 aromatic heterocycles. The van der Waals surface area contributed by atoms with Crippen LogP contribution < -0.4 is 10.1 Å². The van der Waals surface area contributed by atoms with E-state index in [1.807, 2.05) is 6.92 Å². The van der Waals surface area contributed by atoms with E-state index < -0.39 is 11.9 Å². The van der Waals surface area contributed by atoms with Gasteiger partial charge in [0.25, 0.3) is 0 Å². The maximum Gasteiger partial charge on any atom is 0.433 e. The van der Waals surface area contributed by atoms with Crippen molar-refractivity contribution >= 4 is 0 Å². The molecule has 0 spiro atoms. The standard InChI is InChI=1S/C11H12F3N3O/c1-2-16-5-6-18-10-8(7-15)3-4-9(17-10)11(12,13)14/h3-4,16H,2,5-6H2,1H3. The van der Waals surface area contributed by atoms with Crippen LogP contribution in [0.5, 0.6) is 5.88 Å². The Morgan fingerprint density at radius 2 is 2.17 bits per heavy atom.